The molecule has 1 aromatic carbocycles. The van der Waals surface area contributed by atoms with Crippen LogP contribution in [0.3, 0.4) is 0 Å². The lowest BCUT2D eigenvalue weighted by atomic mass is 10.1. The molecule has 2 aromatic rings. The molecule has 1 atom stereocenters. The van der Waals surface area contributed by atoms with Gasteiger partial charge in [0.15, 0.2) is 5.82 Å². The number of aromatic nitrogens is 2. The molecule has 1 heterocycles. The molecular formula is C13H16FN3O3S. The maximum absolute atomic E-state index is 13.5. The molecule has 0 radical (unpaired) electrons. The Morgan fingerprint density at radius 2 is 2.10 bits per heavy atom. The fraction of sp³-hybridized carbons (Fsp3) is 0.385. The van der Waals surface area contributed by atoms with Crippen molar-refractivity contribution in [3.63, 3.8) is 0 Å². The van der Waals surface area contributed by atoms with E-state index in [1.165, 1.54) is 6.07 Å². The van der Waals surface area contributed by atoms with Gasteiger partial charge in [-0.05, 0) is 18.1 Å². The molecule has 6 nitrogen and oxygen atoms in total. The summed E-state index contributed by atoms with van der Waals surface area (Å²) < 4.78 is 40.7. The lowest BCUT2D eigenvalue weighted by Crippen LogP contribution is -2.16. The molecule has 8 heteroatoms. The Kier molecular flexibility index (Phi) is 4.69. The Balaban J connectivity index is 2.03. The molecule has 0 fully saturated rings. The molecule has 0 aliphatic heterocycles. The Bertz CT molecular complexity index is 715. The van der Waals surface area contributed by atoms with Crippen LogP contribution in [0.15, 0.2) is 28.8 Å². The minimum atomic E-state index is -3.09. The first-order valence-corrected chi connectivity index (χ1v) is 8.40. The number of nitrogens with two attached hydrogens (primary N) is 1. The minimum Gasteiger partial charge on any atom is -0.338 e. The minimum absolute atomic E-state index is 0.0564. The van der Waals surface area contributed by atoms with Crippen LogP contribution in [0.25, 0.3) is 0 Å². The van der Waals surface area contributed by atoms with Crippen LogP contribution in [0.1, 0.15) is 29.7 Å². The standard InChI is InChI=1S/C13H16FN3O3S/c1-21(18,19)7-6-11(15)13-16-12(17-20-13)8-9-4-2-3-5-10(9)14/h2-5,11H,6-8,15H2,1H3. The van der Waals surface area contributed by atoms with Gasteiger partial charge in [-0.15, -0.1) is 0 Å². The first kappa shape index (κ1) is 15.6. The zero-order valence-corrected chi connectivity index (χ0v) is 12.3. The van der Waals surface area contributed by atoms with Crippen LogP contribution in [-0.2, 0) is 16.3 Å². The number of sulfone groups is 1. The van der Waals surface area contributed by atoms with Crippen LogP contribution >= 0.6 is 0 Å². The normalized spacial score (nSPS) is 13.3. The predicted molar refractivity (Wildman–Crippen MR) is 74.8 cm³/mol. The monoisotopic (exact) mass is 313 g/mol. The van der Waals surface area contributed by atoms with Gasteiger partial charge in [0.1, 0.15) is 15.7 Å². The van der Waals surface area contributed by atoms with E-state index in [-0.39, 0.29) is 30.3 Å². The molecule has 21 heavy (non-hydrogen) atoms. The second-order valence-electron chi connectivity index (χ2n) is 4.84. The fourth-order valence-electron chi connectivity index (χ4n) is 1.77. The van der Waals surface area contributed by atoms with Gasteiger partial charge in [0.05, 0.1) is 11.8 Å². The average molecular weight is 313 g/mol. The maximum Gasteiger partial charge on any atom is 0.243 e. The number of halogens is 1. The summed E-state index contributed by atoms with van der Waals surface area (Å²) in [5.74, 6) is 0.0688. The summed E-state index contributed by atoms with van der Waals surface area (Å²) in [5.41, 5.74) is 6.26. The van der Waals surface area contributed by atoms with E-state index in [0.717, 1.165) is 6.26 Å². The van der Waals surface area contributed by atoms with E-state index >= 15 is 0 Å². The lowest BCUT2D eigenvalue weighted by Gasteiger charge is -2.04. The third-order valence-corrected chi connectivity index (χ3v) is 3.88. The van der Waals surface area contributed by atoms with Crippen LogP contribution < -0.4 is 5.73 Å². The molecule has 0 saturated carbocycles. The molecule has 0 spiro atoms. The Hall–Kier alpha value is -1.80. The first-order chi connectivity index (χ1) is 9.85. The van der Waals surface area contributed by atoms with Gasteiger partial charge in [0.25, 0.3) is 0 Å². The Morgan fingerprint density at radius 3 is 2.76 bits per heavy atom. The van der Waals surface area contributed by atoms with Crippen LogP contribution in [0.5, 0.6) is 0 Å². The highest BCUT2D eigenvalue weighted by Crippen LogP contribution is 2.15. The van der Waals surface area contributed by atoms with Crippen LogP contribution in [0.4, 0.5) is 4.39 Å². The summed E-state index contributed by atoms with van der Waals surface area (Å²) in [6.45, 7) is 0. The molecule has 2 rings (SSSR count). The van der Waals surface area contributed by atoms with Crippen molar-refractivity contribution in [3.8, 4) is 0 Å². The van der Waals surface area contributed by atoms with E-state index in [2.05, 4.69) is 10.1 Å². The van der Waals surface area contributed by atoms with E-state index in [4.69, 9.17) is 10.3 Å². The van der Waals surface area contributed by atoms with E-state index in [0.29, 0.717) is 11.4 Å². The topological polar surface area (TPSA) is 99.1 Å². The average Bonchev–Trinajstić information content (AvgIpc) is 2.86. The number of benzene rings is 1. The fourth-order valence-corrected chi connectivity index (χ4v) is 2.45. The largest absolute Gasteiger partial charge is 0.338 e. The van der Waals surface area contributed by atoms with Crippen LogP contribution in [0.2, 0.25) is 0 Å². The third kappa shape index (κ3) is 4.61. The molecule has 0 amide bonds. The van der Waals surface area contributed by atoms with Gasteiger partial charge in [0.2, 0.25) is 5.89 Å². The van der Waals surface area contributed by atoms with Crippen molar-refractivity contribution in [1.29, 1.82) is 0 Å². The molecular weight excluding hydrogens is 297 g/mol. The lowest BCUT2D eigenvalue weighted by molar-refractivity contribution is 0.349. The molecule has 0 aliphatic rings. The highest BCUT2D eigenvalue weighted by molar-refractivity contribution is 7.90. The number of hydrogen-bond donors (Lipinski definition) is 1. The summed E-state index contributed by atoms with van der Waals surface area (Å²) in [6.07, 6.45) is 1.52. The van der Waals surface area contributed by atoms with E-state index in [1.807, 2.05) is 0 Å². The van der Waals surface area contributed by atoms with Crippen LogP contribution in [0, 0.1) is 5.82 Å². The van der Waals surface area contributed by atoms with Crippen LogP contribution in [-0.4, -0.2) is 30.6 Å². The summed E-state index contributed by atoms with van der Waals surface area (Å²) in [5, 5.41) is 3.74. The first-order valence-electron chi connectivity index (χ1n) is 6.34. The van der Waals surface area contributed by atoms with Crippen molar-refractivity contribution in [2.75, 3.05) is 12.0 Å². The van der Waals surface area contributed by atoms with E-state index in [9.17, 15) is 12.8 Å². The molecule has 0 bridgehead atoms. The van der Waals surface area contributed by atoms with Gasteiger partial charge < -0.3 is 10.3 Å². The van der Waals surface area contributed by atoms with Gasteiger partial charge >= 0.3 is 0 Å². The number of nitrogens with zero attached hydrogens (tertiary/aromatic N) is 2. The third-order valence-electron chi connectivity index (χ3n) is 2.91. The highest BCUT2D eigenvalue weighted by Gasteiger charge is 2.17. The van der Waals surface area contributed by atoms with Crippen molar-refractivity contribution in [2.24, 2.45) is 5.73 Å². The van der Waals surface area contributed by atoms with Gasteiger partial charge in [-0.2, -0.15) is 4.98 Å². The maximum atomic E-state index is 13.5. The summed E-state index contributed by atoms with van der Waals surface area (Å²) in [4.78, 5) is 4.08. The Morgan fingerprint density at radius 1 is 1.38 bits per heavy atom. The summed E-state index contributed by atoms with van der Waals surface area (Å²) in [7, 11) is -3.09. The highest BCUT2D eigenvalue weighted by atomic mass is 32.2. The van der Waals surface area contributed by atoms with E-state index in [1.54, 1.807) is 18.2 Å². The summed E-state index contributed by atoms with van der Waals surface area (Å²) >= 11 is 0. The Labute approximate surface area is 122 Å². The zero-order valence-electron chi connectivity index (χ0n) is 11.5. The van der Waals surface area contributed by atoms with Crippen molar-refractivity contribution >= 4 is 9.84 Å². The predicted octanol–water partition coefficient (Wildman–Crippen LogP) is 1.23. The van der Waals surface area contributed by atoms with Crippen molar-refractivity contribution in [3.05, 3.63) is 47.4 Å². The quantitative estimate of drug-likeness (QED) is 0.861. The van der Waals surface area contributed by atoms with Crippen molar-refractivity contribution in [1.82, 2.24) is 10.1 Å². The van der Waals surface area contributed by atoms with E-state index < -0.39 is 15.9 Å². The van der Waals surface area contributed by atoms with Crippen molar-refractivity contribution < 1.29 is 17.3 Å². The van der Waals surface area contributed by atoms with Gasteiger partial charge in [-0.3, -0.25) is 0 Å². The zero-order chi connectivity index (χ0) is 15.5. The smallest absolute Gasteiger partial charge is 0.243 e. The van der Waals surface area contributed by atoms with Gasteiger partial charge in [-0.25, -0.2) is 12.8 Å². The number of hydrogen-bond acceptors (Lipinski definition) is 6. The SMILES string of the molecule is CS(=O)(=O)CCC(N)c1nc(Cc2ccccc2F)no1. The second kappa shape index (κ2) is 6.31. The van der Waals surface area contributed by atoms with Gasteiger partial charge in [0, 0.05) is 12.7 Å². The second-order valence-corrected chi connectivity index (χ2v) is 7.10. The van der Waals surface area contributed by atoms with Gasteiger partial charge in [-0.1, -0.05) is 23.4 Å². The molecule has 0 saturated heterocycles. The molecule has 1 aromatic heterocycles. The molecule has 114 valence electrons. The molecule has 1 unspecified atom stereocenters. The summed E-state index contributed by atoms with van der Waals surface area (Å²) in [6, 6.07) is 5.66. The number of rotatable bonds is 6. The molecule has 2 N–H and O–H groups in total. The van der Waals surface area contributed by atoms with Crippen molar-refractivity contribution in [2.45, 2.75) is 18.9 Å². The molecule has 0 aliphatic carbocycles.